The van der Waals surface area contributed by atoms with E-state index in [0.29, 0.717) is 47.4 Å². The van der Waals surface area contributed by atoms with Crippen LogP contribution < -0.4 is 9.47 Å². The molecular formula is C32H29ClF4N6O4. The zero-order valence-corrected chi connectivity index (χ0v) is 26.1. The molecule has 47 heavy (non-hydrogen) atoms. The van der Waals surface area contributed by atoms with E-state index in [1.807, 2.05) is 22.8 Å². The van der Waals surface area contributed by atoms with Crippen molar-refractivity contribution in [2.75, 3.05) is 26.8 Å². The van der Waals surface area contributed by atoms with Crippen molar-refractivity contribution in [3.63, 3.8) is 0 Å². The fourth-order valence-corrected chi connectivity index (χ4v) is 6.37. The Kier molecular flexibility index (Phi) is 8.05. The van der Waals surface area contributed by atoms with Crippen molar-refractivity contribution in [2.45, 2.75) is 50.7 Å². The Labute approximate surface area is 271 Å². The Morgan fingerprint density at radius 2 is 1.89 bits per heavy atom. The molecule has 15 heteroatoms. The van der Waals surface area contributed by atoms with Crippen LogP contribution in [-0.2, 0) is 29.8 Å². The van der Waals surface area contributed by atoms with Crippen LogP contribution in [0.25, 0.3) is 22.6 Å². The Morgan fingerprint density at radius 1 is 1.09 bits per heavy atom. The highest BCUT2D eigenvalue weighted by Gasteiger charge is 2.43. The van der Waals surface area contributed by atoms with Crippen molar-refractivity contribution >= 4 is 22.8 Å². The third-order valence-corrected chi connectivity index (χ3v) is 8.77. The Morgan fingerprint density at radius 3 is 2.62 bits per heavy atom. The quantitative estimate of drug-likeness (QED) is 0.162. The van der Waals surface area contributed by atoms with E-state index >= 15 is 0 Å². The molecule has 0 N–H and O–H groups in total. The molecule has 1 saturated heterocycles. The van der Waals surface area contributed by atoms with Crippen LogP contribution in [-0.4, -0.2) is 56.4 Å². The molecule has 5 aromatic rings. The van der Waals surface area contributed by atoms with E-state index in [1.165, 1.54) is 12.3 Å². The van der Waals surface area contributed by atoms with Crippen molar-refractivity contribution in [1.29, 1.82) is 0 Å². The second-order valence-electron chi connectivity index (χ2n) is 11.7. The van der Waals surface area contributed by atoms with Crippen molar-refractivity contribution in [3.8, 4) is 22.9 Å². The van der Waals surface area contributed by atoms with E-state index < -0.39 is 23.7 Å². The lowest BCUT2D eigenvalue weighted by atomic mass is 9.88. The predicted octanol–water partition coefficient (Wildman–Crippen LogP) is 6.96. The zero-order valence-electron chi connectivity index (χ0n) is 25.4. The summed E-state index contributed by atoms with van der Waals surface area (Å²) < 4.78 is 78.0. The summed E-state index contributed by atoms with van der Waals surface area (Å²) in [7, 11) is 1.60. The van der Waals surface area contributed by atoms with Crippen LogP contribution in [0.2, 0.25) is 5.02 Å². The molecule has 1 unspecified atom stereocenters. The van der Waals surface area contributed by atoms with E-state index in [-0.39, 0.29) is 22.9 Å². The van der Waals surface area contributed by atoms with E-state index in [9.17, 15) is 17.6 Å². The molecule has 2 aromatic carbocycles. The monoisotopic (exact) mass is 672 g/mol. The number of hydrogen-bond acceptors (Lipinski definition) is 9. The second-order valence-corrected chi connectivity index (χ2v) is 12.1. The molecule has 0 amide bonds. The smallest absolute Gasteiger partial charge is 0.444 e. The van der Waals surface area contributed by atoms with Crippen molar-refractivity contribution < 1.29 is 36.3 Å². The minimum Gasteiger partial charge on any atom is -0.444 e. The predicted molar refractivity (Wildman–Crippen MR) is 161 cm³/mol. The molecule has 1 fully saturated rings. The van der Waals surface area contributed by atoms with E-state index in [2.05, 4.69) is 24.5 Å². The summed E-state index contributed by atoms with van der Waals surface area (Å²) in [6.07, 6.45) is -1.66. The highest BCUT2D eigenvalue weighted by atomic mass is 35.5. The molecule has 10 nitrogen and oxygen atoms in total. The Balaban J connectivity index is 1.07. The Hall–Kier alpha value is -4.27. The fraction of sp³-hybridized carbons (Fsp3) is 0.375. The van der Waals surface area contributed by atoms with Gasteiger partial charge in [-0.2, -0.15) is 18.2 Å². The molecule has 5 heterocycles. The van der Waals surface area contributed by atoms with Gasteiger partial charge < -0.3 is 23.3 Å². The normalized spacial score (nSPS) is 18.8. The molecule has 0 saturated carbocycles. The lowest BCUT2D eigenvalue weighted by Crippen LogP contribution is -2.34. The van der Waals surface area contributed by atoms with Gasteiger partial charge in [0.1, 0.15) is 17.2 Å². The number of piperidine rings is 1. The number of para-hydroxylation sites is 1. The molecule has 7 rings (SSSR count). The molecule has 3 aromatic heterocycles. The number of methoxy groups -OCH3 is 1. The maximum atomic E-state index is 14.8. The van der Waals surface area contributed by atoms with Crippen molar-refractivity contribution in [1.82, 2.24) is 29.6 Å². The number of nitrogens with zero attached hydrogens (tertiary/aromatic N) is 6. The number of ether oxygens (including phenoxy) is 3. The first-order valence-electron chi connectivity index (χ1n) is 15.0. The summed E-state index contributed by atoms with van der Waals surface area (Å²) in [6, 6.07) is 11.8. The SMILES string of the molecule is COCCn1c(CN2CCC(c3cccc4c3OC(C)(c3ccc(Cl)cc3F)O4)CC2)nc2cc(-c3noc(C(F)(F)F)n3)cnc21. The number of fused-ring (bicyclic) bond motifs is 2. The number of benzene rings is 2. The molecule has 0 bridgehead atoms. The van der Waals surface area contributed by atoms with Gasteiger partial charge in [0.25, 0.3) is 5.79 Å². The molecule has 2 aliphatic heterocycles. The molecule has 1 atom stereocenters. The van der Waals surface area contributed by atoms with Gasteiger partial charge in [-0.25, -0.2) is 14.4 Å². The van der Waals surface area contributed by atoms with Gasteiger partial charge in [-0.3, -0.25) is 4.90 Å². The highest BCUT2D eigenvalue weighted by molar-refractivity contribution is 6.30. The number of pyridine rings is 1. The number of halogens is 5. The van der Waals surface area contributed by atoms with Gasteiger partial charge >= 0.3 is 12.1 Å². The van der Waals surface area contributed by atoms with Gasteiger partial charge in [0.2, 0.25) is 5.82 Å². The third kappa shape index (κ3) is 6.01. The number of rotatable bonds is 8. The van der Waals surface area contributed by atoms with Gasteiger partial charge in [0.05, 0.1) is 18.7 Å². The summed E-state index contributed by atoms with van der Waals surface area (Å²) in [5.41, 5.74) is 2.61. The minimum absolute atomic E-state index is 0.190. The van der Waals surface area contributed by atoms with E-state index in [1.54, 1.807) is 32.2 Å². The maximum absolute atomic E-state index is 14.8. The summed E-state index contributed by atoms with van der Waals surface area (Å²) in [5.74, 6) is -1.35. The topological polar surface area (TPSA) is 101 Å². The fourth-order valence-electron chi connectivity index (χ4n) is 6.21. The van der Waals surface area contributed by atoms with Crippen LogP contribution in [0, 0.1) is 5.82 Å². The standard InChI is InChI=1S/C32H29ClF4N6O4/c1-31(22-7-6-20(33)15-23(22)34)45-25-5-3-4-21(27(25)46-31)18-8-10-42(11-9-18)17-26-39-24-14-19(16-38-29(24)43(26)12-13-44-2)28-40-30(47-41-28)32(35,36)37/h3-7,14-16,18H,8-13,17H2,1-2H3. The zero-order chi connectivity index (χ0) is 32.9. The van der Waals surface area contributed by atoms with Crippen LogP contribution in [0.15, 0.2) is 53.2 Å². The second kappa shape index (κ2) is 12.1. The van der Waals surface area contributed by atoms with Gasteiger partial charge in [-0.1, -0.05) is 28.9 Å². The summed E-state index contributed by atoms with van der Waals surface area (Å²) in [5, 5.41) is 3.76. The average Bonchev–Trinajstić information content (AvgIpc) is 3.75. The molecule has 0 spiro atoms. The first-order valence-corrected chi connectivity index (χ1v) is 15.3. The summed E-state index contributed by atoms with van der Waals surface area (Å²) in [4.78, 5) is 15.1. The van der Waals surface area contributed by atoms with E-state index in [0.717, 1.165) is 37.3 Å². The molecule has 0 radical (unpaired) electrons. The van der Waals surface area contributed by atoms with Crippen LogP contribution in [0.3, 0.4) is 0 Å². The first-order chi connectivity index (χ1) is 22.5. The number of alkyl halides is 3. The van der Waals surface area contributed by atoms with Gasteiger partial charge in [-0.05, 0) is 62.2 Å². The lowest BCUT2D eigenvalue weighted by Gasteiger charge is -2.32. The molecule has 2 aliphatic rings. The van der Waals surface area contributed by atoms with Gasteiger partial charge in [0, 0.05) is 42.9 Å². The van der Waals surface area contributed by atoms with Crippen molar-refractivity contribution in [3.05, 3.63) is 82.3 Å². The van der Waals surface area contributed by atoms with Crippen LogP contribution in [0.1, 0.15) is 48.5 Å². The lowest BCUT2D eigenvalue weighted by molar-refractivity contribution is -0.159. The number of likely N-dealkylation sites (tertiary alicyclic amines) is 1. The molecule has 0 aliphatic carbocycles. The highest BCUT2D eigenvalue weighted by Crippen LogP contribution is 2.50. The minimum atomic E-state index is -4.75. The number of imidazole rings is 1. The summed E-state index contributed by atoms with van der Waals surface area (Å²) in [6.45, 7) is 4.68. The average molecular weight is 673 g/mol. The Bertz CT molecular complexity index is 1940. The van der Waals surface area contributed by atoms with Crippen molar-refractivity contribution in [2.24, 2.45) is 0 Å². The van der Waals surface area contributed by atoms with Crippen LogP contribution >= 0.6 is 11.6 Å². The number of hydrogen-bond donors (Lipinski definition) is 0. The largest absolute Gasteiger partial charge is 0.471 e. The molecular weight excluding hydrogens is 644 g/mol. The first kappa shape index (κ1) is 31.3. The van der Waals surface area contributed by atoms with Crippen LogP contribution in [0.5, 0.6) is 11.5 Å². The van der Waals surface area contributed by atoms with Gasteiger partial charge in [-0.15, -0.1) is 0 Å². The van der Waals surface area contributed by atoms with Gasteiger partial charge in [0.15, 0.2) is 17.1 Å². The molecule has 246 valence electrons. The van der Waals surface area contributed by atoms with Crippen LogP contribution in [0.4, 0.5) is 17.6 Å². The third-order valence-electron chi connectivity index (χ3n) is 8.53. The summed E-state index contributed by atoms with van der Waals surface area (Å²) >= 11 is 5.96. The number of aromatic nitrogens is 5. The van der Waals surface area contributed by atoms with E-state index in [4.69, 9.17) is 30.8 Å². The maximum Gasteiger partial charge on any atom is 0.471 e.